The Hall–Kier alpha value is -1.90. The van der Waals surface area contributed by atoms with Gasteiger partial charge in [0.2, 0.25) is 11.8 Å². The van der Waals surface area contributed by atoms with E-state index in [2.05, 4.69) is 10.1 Å². The van der Waals surface area contributed by atoms with Crippen molar-refractivity contribution in [3.05, 3.63) is 23.4 Å². The molecule has 2 atom stereocenters. The largest absolute Gasteiger partial charge is 0.393 e. The van der Waals surface area contributed by atoms with Crippen LogP contribution < -0.4 is 0 Å². The van der Waals surface area contributed by atoms with Crippen molar-refractivity contribution in [3.63, 3.8) is 0 Å². The van der Waals surface area contributed by atoms with E-state index in [0.29, 0.717) is 25.3 Å². The van der Waals surface area contributed by atoms with Gasteiger partial charge in [0, 0.05) is 26.2 Å². The Labute approximate surface area is 143 Å². The van der Waals surface area contributed by atoms with Crippen LogP contribution >= 0.6 is 0 Å². The number of aromatic nitrogens is 2. The van der Waals surface area contributed by atoms with E-state index in [4.69, 9.17) is 4.52 Å². The van der Waals surface area contributed by atoms with Crippen LogP contribution in [0.4, 0.5) is 13.2 Å². The van der Waals surface area contributed by atoms with Gasteiger partial charge in [0.25, 0.3) is 0 Å². The van der Waals surface area contributed by atoms with Crippen molar-refractivity contribution in [2.24, 2.45) is 11.8 Å². The summed E-state index contributed by atoms with van der Waals surface area (Å²) in [5, 5.41) is 3.65. The molecule has 0 aliphatic carbocycles. The minimum Gasteiger partial charge on any atom is -0.338 e. The Morgan fingerprint density at radius 3 is 2.72 bits per heavy atom. The highest BCUT2D eigenvalue weighted by molar-refractivity contribution is 5.80. The number of hydrogen-bond donors (Lipinski definition) is 0. The molecule has 1 aromatic rings. The van der Waals surface area contributed by atoms with Gasteiger partial charge in [-0.15, -0.1) is 0 Å². The summed E-state index contributed by atoms with van der Waals surface area (Å²) in [7, 11) is 0. The number of aryl methyl sites for hydroxylation is 1. The van der Waals surface area contributed by atoms with E-state index in [0.717, 1.165) is 5.57 Å². The van der Waals surface area contributed by atoms with E-state index in [1.165, 1.54) is 0 Å². The second-order valence-corrected chi connectivity index (χ2v) is 6.78. The van der Waals surface area contributed by atoms with Crippen molar-refractivity contribution in [2.75, 3.05) is 26.2 Å². The first kappa shape index (κ1) is 17.9. The highest BCUT2D eigenvalue weighted by atomic mass is 19.4. The van der Waals surface area contributed by atoms with Gasteiger partial charge in [-0.25, -0.2) is 0 Å². The first-order chi connectivity index (χ1) is 11.7. The summed E-state index contributed by atoms with van der Waals surface area (Å²) in [5.74, 6) is -2.47. The Morgan fingerprint density at radius 1 is 1.36 bits per heavy atom. The monoisotopic (exact) mass is 358 g/mol. The molecular weight excluding hydrogens is 337 g/mol. The average Bonchev–Trinajstić information content (AvgIpc) is 3.13. The van der Waals surface area contributed by atoms with Gasteiger partial charge in [-0.1, -0.05) is 16.8 Å². The fourth-order valence-corrected chi connectivity index (χ4v) is 3.53. The van der Waals surface area contributed by atoms with Gasteiger partial charge >= 0.3 is 6.18 Å². The lowest BCUT2D eigenvalue weighted by molar-refractivity contribution is -0.186. The Morgan fingerprint density at radius 2 is 2.12 bits per heavy atom. The van der Waals surface area contributed by atoms with Crippen LogP contribution in [0.25, 0.3) is 0 Å². The normalized spacial score (nSPS) is 25.3. The van der Waals surface area contributed by atoms with E-state index < -0.39 is 23.9 Å². The highest BCUT2D eigenvalue weighted by Gasteiger charge is 2.53. The Kier molecular flexibility index (Phi) is 4.86. The lowest BCUT2D eigenvalue weighted by Crippen LogP contribution is -2.44. The van der Waals surface area contributed by atoms with Crippen LogP contribution in [0.15, 0.2) is 16.2 Å². The number of alkyl halides is 3. The third-order valence-corrected chi connectivity index (χ3v) is 4.71. The van der Waals surface area contributed by atoms with Gasteiger partial charge in [-0.3, -0.25) is 9.69 Å². The molecule has 0 N–H and O–H groups in total. The third-order valence-electron chi connectivity index (χ3n) is 4.71. The van der Waals surface area contributed by atoms with Gasteiger partial charge in [0.05, 0.1) is 18.4 Å². The molecule has 2 aliphatic rings. The number of amides is 1. The predicted molar refractivity (Wildman–Crippen MR) is 82.3 cm³/mol. The maximum absolute atomic E-state index is 13.5. The van der Waals surface area contributed by atoms with Gasteiger partial charge in [-0.05, 0) is 20.3 Å². The standard InChI is InChI=1S/C16H21F3N4O2/c1-10-4-3-5-23(6-10)15(24)12-7-22(8-13(12)16(17,18)19)9-14-20-11(2)21-25-14/h4,12-13H,3,5-9H2,1-2H3/t12-,13-/m1/s1. The molecule has 3 heterocycles. The second kappa shape index (κ2) is 6.78. The van der Waals surface area contributed by atoms with Gasteiger partial charge in [0.1, 0.15) is 0 Å². The van der Waals surface area contributed by atoms with Crippen molar-refractivity contribution in [3.8, 4) is 0 Å². The molecule has 1 fully saturated rings. The molecule has 3 rings (SSSR count). The minimum absolute atomic E-state index is 0.0453. The van der Waals surface area contributed by atoms with Crippen molar-refractivity contribution in [1.29, 1.82) is 0 Å². The molecule has 0 unspecified atom stereocenters. The first-order valence-electron chi connectivity index (χ1n) is 8.26. The summed E-state index contributed by atoms with van der Waals surface area (Å²) >= 11 is 0. The maximum atomic E-state index is 13.5. The predicted octanol–water partition coefficient (Wildman–Crippen LogP) is 2.17. The molecule has 1 aromatic heterocycles. The summed E-state index contributed by atoms with van der Waals surface area (Å²) in [4.78, 5) is 19.9. The fourth-order valence-electron chi connectivity index (χ4n) is 3.53. The van der Waals surface area contributed by atoms with Crippen molar-refractivity contribution in [1.82, 2.24) is 19.9 Å². The number of carbonyl (C=O) groups is 1. The summed E-state index contributed by atoms with van der Waals surface area (Å²) in [6, 6.07) is 0. The molecule has 0 aromatic carbocycles. The van der Waals surface area contributed by atoms with Crippen LogP contribution in [-0.2, 0) is 11.3 Å². The molecule has 138 valence electrons. The zero-order valence-electron chi connectivity index (χ0n) is 14.2. The summed E-state index contributed by atoms with van der Waals surface area (Å²) < 4.78 is 45.4. The van der Waals surface area contributed by atoms with Crippen molar-refractivity contribution >= 4 is 5.91 Å². The smallest absolute Gasteiger partial charge is 0.338 e. The van der Waals surface area contributed by atoms with Gasteiger partial charge in [-0.2, -0.15) is 18.2 Å². The summed E-state index contributed by atoms with van der Waals surface area (Å²) in [6.07, 6.45) is -1.71. The molecule has 0 spiro atoms. The highest BCUT2D eigenvalue weighted by Crippen LogP contribution is 2.39. The minimum atomic E-state index is -4.42. The average molecular weight is 358 g/mol. The van der Waals surface area contributed by atoms with E-state index in [9.17, 15) is 18.0 Å². The van der Waals surface area contributed by atoms with E-state index in [1.54, 1.807) is 16.7 Å². The van der Waals surface area contributed by atoms with E-state index >= 15 is 0 Å². The van der Waals surface area contributed by atoms with Gasteiger partial charge < -0.3 is 9.42 Å². The molecule has 9 heteroatoms. The topological polar surface area (TPSA) is 62.5 Å². The molecule has 0 radical (unpaired) electrons. The molecule has 0 saturated carbocycles. The number of rotatable bonds is 3. The van der Waals surface area contributed by atoms with Crippen LogP contribution in [0.5, 0.6) is 0 Å². The van der Waals surface area contributed by atoms with Crippen molar-refractivity contribution < 1.29 is 22.5 Å². The first-order valence-corrected chi connectivity index (χ1v) is 8.26. The molecule has 25 heavy (non-hydrogen) atoms. The van der Waals surface area contributed by atoms with E-state index in [-0.39, 0.29) is 25.5 Å². The molecule has 6 nitrogen and oxygen atoms in total. The molecular formula is C16H21F3N4O2. The molecule has 1 saturated heterocycles. The van der Waals surface area contributed by atoms with Crippen LogP contribution in [0.1, 0.15) is 25.1 Å². The molecule has 2 aliphatic heterocycles. The molecule has 0 bridgehead atoms. The lowest BCUT2D eigenvalue weighted by atomic mass is 9.93. The fraction of sp³-hybridized carbons (Fsp3) is 0.688. The van der Waals surface area contributed by atoms with Crippen molar-refractivity contribution in [2.45, 2.75) is 33.0 Å². The number of halogens is 3. The van der Waals surface area contributed by atoms with Crippen LogP contribution in [0.3, 0.4) is 0 Å². The number of hydrogen-bond acceptors (Lipinski definition) is 5. The molecule has 1 amide bonds. The van der Waals surface area contributed by atoms with Crippen LogP contribution in [0, 0.1) is 18.8 Å². The zero-order valence-corrected chi connectivity index (χ0v) is 14.2. The van der Waals surface area contributed by atoms with Crippen LogP contribution in [0.2, 0.25) is 0 Å². The second-order valence-electron chi connectivity index (χ2n) is 6.78. The number of nitrogens with zero attached hydrogens (tertiary/aromatic N) is 4. The number of likely N-dealkylation sites (tertiary alicyclic amines) is 1. The third kappa shape index (κ3) is 4.02. The summed E-state index contributed by atoms with van der Waals surface area (Å²) in [6.45, 7) is 4.35. The van der Waals surface area contributed by atoms with E-state index in [1.807, 2.05) is 13.0 Å². The zero-order chi connectivity index (χ0) is 18.2. The number of carbonyl (C=O) groups excluding carboxylic acids is 1. The Balaban J connectivity index is 1.73. The van der Waals surface area contributed by atoms with Gasteiger partial charge in [0.15, 0.2) is 5.82 Å². The van der Waals surface area contributed by atoms with Crippen LogP contribution in [-0.4, -0.2) is 58.2 Å². The Bertz CT molecular complexity index is 671. The lowest BCUT2D eigenvalue weighted by Gasteiger charge is -2.31. The quantitative estimate of drug-likeness (QED) is 0.775. The SMILES string of the molecule is CC1=CCCN(C(=O)[C@@H]2CN(Cc3nc(C)no3)C[C@H]2C(F)(F)F)C1. The maximum Gasteiger partial charge on any atom is 0.393 e. The summed E-state index contributed by atoms with van der Waals surface area (Å²) in [5.41, 5.74) is 1.01.